The summed E-state index contributed by atoms with van der Waals surface area (Å²) in [7, 11) is 1.57. The van der Waals surface area contributed by atoms with Gasteiger partial charge in [-0.2, -0.15) is 0 Å². The van der Waals surface area contributed by atoms with Gasteiger partial charge in [0.15, 0.2) is 0 Å². The Morgan fingerprint density at radius 3 is 2.85 bits per heavy atom. The molecule has 20 heavy (non-hydrogen) atoms. The fourth-order valence-corrected chi connectivity index (χ4v) is 1.96. The van der Waals surface area contributed by atoms with Crippen molar-refractivity contribution >= 4 is 23.2 Å². The third-order valence-electron chi connectivity index (χ3n) is 2.70. The van der Waals surface area contributed by atoms with Crippen LogP contribution in [0.5, 0.6) is 5.88 Å². The van der Waals surface area contributed by atoms with Gasteiger partial charge in [0, 0.05) is 11.8 Å². The Kier molecular flexibility index (Phi) is 4.42. The molecule has 5 nitrogen and oxygen atoms in total. The summed E-state index contributed by atoms with van der Waals surface area (Å²) in [5, 5.41) is 3.49. The summed E-state index contributed by atoms with van der Waals surface area (Å²) in [5.74, 6) is 0.0161. The number of carbonyl (C=O) groups is 1. The van der Waals surface area contributed by atoms with Crippen molar-refractivity contribution in [3.05, 3.63) is 52.7 Å². The van der Waals surface area contributed by atoms with E-state index in [1.165, 1.54) is 0 Å². The van der Waals surface area contributed by atoms with Crippen LogP contribution >= 0.6 is 11.6 Å². The number of carbonyl (C=O) groups excluding carboxylic acids is 1. The molecule has 0 aliphatic carbocycles. The monoisotopic (exact) mass is 291 g/mol. The van der Waals surface area contributed by atoms with Gasteiger partial charge in [-0.15, -0.1) is 0 Å². The Balaban J connectivity index is 2.07. The summed E-state index contributed by atoms with van der Waals surface area (Å²) in [6, 6.07) is 10.5. The molecule has 0 spiro atoms. The van der Waals surface area contributed by atoms with Crippen LogP contribution in [0.3, 0.4) is 0 Å². The number of ether oxygens (including phenoxy) is 1. The Hall–Kier alpha value is -2.27. The van der Waals surface area contributed by atoms with E-state index in [0.29, 0.717) is 23.0 Å². The first kappa shape index (κ1) is 14.1. The smallest absolute Gasteiger partial charge is 0.250 e. The molecule has 6 heteroatoms. The molecule has 2 rings (SSSR count). The lowest BCUT2D eigenvalue weighted by Crippen LogP contribution is -2.11. The number of nitrogens with zero attached hydrogens (tertiary/aromatic N) is 1. The van der Waals surface area contributed by atoms with E-state index in [1.807, 2.05) is 12.1 Å². The zero-order chi connectivity index (χ0) is 14.5. The van der Waals surface area contributed by atoms with E-state index in [9.17, 15) is 4.79 Å². The summed E-state index contributed by atoms with van der Waals surface area (Å²) >= 11 is 5.98. The standard InChI is InChI=1S/C14H14ClN3O2/c1-20-13-4-2-3-10(18-13)8-17-9-5-6-11(14(16)19)12(15)7-9/h2-7,17H,8H2,1H3,(H2,16,19). The lowest BCUT2D eigenvalue weighted by molar-refractivity contribution is 0.100. The first-order chi connectivity index (χ1) is 9.60. The van der Waals surface area contributed by atoms with Crippen molar-refractivity contribution in [2.24, 2.45) is 5.73 Å². The molecule has 0 radical (unpaired) electrons. The summed E-state index contributed by atoms with van der Waals surface area (Å²) in [6.07, 6.45) is 0. The van der Waals surface area contributed by atoms with Crippen molar-refractivity contribution in [1.82, 2.24) is 4.98 Å². The van der Waals surface area contributed by atoms with E-state index in [0.717, 1.165) is 11.4 Å². The average molecular weight is 292 g/mol. The molecule has 1 amide bonds. The lowest BCUT2D eigenvalue weighted by atomic mass is 10.2. The van der Waals surface area contributed by atoms with Crippen LogP contribution in [-0.4, -0.2) is 18.0 Å². The van der Waals surface area contributed by atoms with E-state index in [1.54, 1.807) is 31.4 Å². The van der Waals surface area contributed by atoms with Crippen molar-refractivity contribution in [3.63, 3.8) is 0 Å². The molecule has 2 aromatic rings. The van der Waals surface area contributed by atoms with Crippen LogP contribution in [0.4, 0.5) is 5.69 Å². The minimum atomic E-state index is -0.545. The fraction of sp³-hybridized carbons (Fsp3) is 0.143. The first-order valence-corrected chi connectivity index (χ1v) is 6.31. The first-order valence-electron chi connectivity index (χ1n) is 5.93. The van der Waals surface area contributed by atoms with Crippen molar-refractivity contribution in [2.75, 3.05) is 12.4 Å². The number of nitrogens with two attached hydrogens (primary N) is 1. The number of primary amides is 1. The number of pyridine rings is 1. The van der Waals surface area contributed by atoms with Crippen LogP contribution in [-0.2, 0) is 6.54 Å². The normalized spacial score (nSPS) is 10.1. The molecule has 0 unspecified atom stereocenters. The van der Waals surface area contributed by atoms with Crippen LogP contribution in [0, 0.1) is 0 Å². The van der Waals surface area contributed by atoms with Gasteiger partial charge in [0.05, 0.1) is 29.9 Å². The number of hydrogen-bond donors (Lipinski definition) is 2. The number of anilines is 1. The van der Waals surface area contributed by atoms with Gasteiger partial charge in [-0.3, -0.25) is 4.79 Å². The highest BCUT2D eigenvalue weighted by atomic mass is 35.5. The zero-order valence-corrected chi connectivity index (χ0v) is 11.6. The number of methoxy groups -OCH3 is 1. The van der Waals surface area contributed by atoms with Gasteiger partial charge in [-0.25, -0.2) is 4.98 Å². The molecular formula is C14H14ClN3O2. The topological polar surface area (TPSA) is 77.2 Å². The van der Waals surface area contributed by atoms with Gasteiger partial charge >= 0.3 is 0 Å². The highest BCUT2D eigenvalue weighted by Gasteiger charge is 2.07. The minimum Gasteiger partial charge on any atom is -0.481 e. The van der Waals surface area contributed by atoms with Crippen molar-refractivity contribution in [1.29, 1.82) is 0 Å². The molecule has 1 aromatic heterocycles. The molecule has 0 aliphatic rings. The second-order valence-corrected chi connectivity index (χ2v) is 4.49. The zero-order valence-electron chi connectivity index (χ0n) is 10.9. The van der Waals surface area contributed by atoms with Gasteiger partial charge in [0.1, 0.15) is 0 Å². The van der Waals surface area contributed by atoms with Crippen LogP contribution < -0.4 is 15.8 Å². The van der Waals surface area contributed by atoms with Crippen molar-refractivity contribution < 1.29 is 9.53 Å². The van der Waals surface area contributed by atoms with Gasteiger partial charge in [-0.05, 0) is 24.3 Å². The van der Waals surface area contributed by atoms with Gasteiger partial charge in [0.2, 0.25) is 11.8 Å². The molecule has 0 saturated heterocycles. The number of aromatic nitrogens is 1. The van der Waals surface area contributed by atoms with E-state index < -0.39 is 5.91 Å². The van der Waals surface area contributed by atoms with Gasteiger partial charge in [-0.1, -0.05) is 17.7 Å². The maximum absolute atomic E-state index is 11.1. The Morgan fingerprint density at radius 2 is 2.20 bits per heavy atom. The Bertz CT molecular complexity index is 632. The predicted molar refractivity (Wildman–Crippen MR) is 78.1 cm³/mol. The minimum absolute atomic E-state index is 0.303. The van der Waals surface area contributed by atoms with E-state index >= 15 is 0 Å². The van der Waals surface area contributed by atoms with Crippen LogP contribution in [0.25, 0.3) is 0 Å². The molecule has 1 aromatic carbocycles. The lowest BCUT2D eigenvalue weighted by Gasteiger charge is -2.08. The van der Waals surface area contributed by atoms with Crippen LogP contribution in [0.15, 0.2) is 36.4 Å². The van der Waals surface area contributed by atoms with E-state index in [2.05, 4.69) is 10.3 Å². The van der Waals surface area contributed by atoms with Gasteiger partial charge < -0.3 is 15.8 Å². The number of hydrogen-bond acceptors (Lipinski definition) is 4. The fourth-order valence-electron chi connectivity index (χ4n) is 1.69. The van der Waals surface area contributed by atoms with E-state index in [-0.39, 0.29) is 0 Å². The number of benzene rings is 1. The third kappa shape index (κ3) is 3.39. The number of halogens is 1. The number of amides is 1. The maximum Gasteiger partial charge on any atom is 0.250 e. The molecule has 0 saturated carbocycles. The Labute approximate surface area is 121 Å². The average Bonchev–Trinajstić information content (AvgIpc) is 2.45. The highest BCUT2D eigenvalue weighted by molar-refractivity contribution is 6.34. The van der Waals surface area contributed by atoms with Crippen molar-refractivity contribution in [2.45, 2.75) is 6.54 Å². The molecule has 1 heterocycles. The van der Waals surface area contributed by atoms with Crippen LogP contribution in [0.1, 0.15) is 16.1 Å². The predicted octanol–water partition coefficient (Wildman–Crippen LogP) is 2.45. The summed E-state index contributed by atoms with van der Waals surface area (Å²) < 4.78 is 5.06. The highest BCUT2D eigenvalue weighted by Crippen LogP contribution is 2.21. The molecule has 0 fully saturated rings. The van der Waals surface area contributed by atoms with Gasteiger partial charge in [0.25, 0.3) is 0 Å². The molecule has 3 N–H and O–H groups in total. The number of nitrogens with one attached hydrogen (secondary N) is 1. The number of rotatable bonds is 5. The molecule has 0 atom stereocenters. The Morgan fingerprint density at radius 1 is 1.40 bits per heavy atom. The van der Waals surface area contributed by atoms with Crippen LogP contribution in [0.2, 0.25) is 5.02 Å². The second-order valence-electron chi connectivity index (χ2n) is 4.08. The summed E-state index contributed by atoms with van der Waals surface area (Å²) in [4.78, 5) is 15.4. The molecule has 0 bridgehead atoms. The molecule has 0 aliphatic heterocycles. The summed E-state index contributed by atoms with van der Waals surface area (Å²) in [6.45, 7) is 0.517. The maximum atomic E-state index is 11.1. The quantitative estimate of drug-likeness (QED) is 0.887. The SMILES string of the molecule is COc1cccc(CNc2ccc(C(N)=O)c(Cl)c2)n1. The largest absolute Gasteiger partial charge is 0.481 e. The van der Waals surface area contributed by atoms with E-state index in [4.69, 9.17) is 22.1 Å². The summed E-state index contributed by atoms with van der Waals surface area (Å²) in [5.41, 5.74) is 7.11. The molecular weight excluding hydrogens is 278 g/mol. The molecule has 104 valence electrons. The second kappa shape index (κ2) is 6.25. The van der Waals surface area contributed by atoms with Crippen molar-refractivity contribution in [3.8, 4) is 5.88 Å². The third-order valence-corrected chi connectivity index (χ3v) is 3.01.